The predicted molar refractivity (Wildman–Crippen MR) is 73.7 cm³/mol. The van der Waals surface area contributed by atoms with E-state index in [0.29, 0.717) is 37.8 Å². The molecule has 1 aromatic rings. The lowest BCUT2D eigenvalue weighted by atomic mass is 10.1. The number of rotatable bonds is 5. The van der Waals surface area contributed by atoms with Crippen molar-refractivity contribution in [3.05, 3.63) is 34.3 Å². The molecule has 1 aromatic carbocycles. The van der Waals surface area contributed by atoms with E-state index in [0.717, 1.165) is 4.47 Å². The van der Waals surface area contributed by atoms with Crippen molar-refractivity contribution in [1.29, 1.82) is 0 Å². The third-order valence-electron chi connectivity index (χ3n) is 3.11. The Balaban J connectivity index is 1.82. The molecule has 0 bridgehead atoms. The van der Waals surface area contributed by atoms with Crippen LogP contribution < -0.4 is 0 Å². The molecular formula is C14H14BrNO3. The van der Waals surface area contributed by atoms with E-state index >= 15 is 0 Å². The number of hydrogen-bond acceptors (Lipinski definition) is 3. The molecular weight excluding hydrogens is 310 g/mol. The van der Waals surface area contributed by atoms with Gasteiger partial charge in [0.15, 0.2) is 5.78 Å². The standard InChI is InChI=1S/C14H14BrNO3/c15-11-5-3-10(4-6-11)12(17)2-1-9-16-13(18)7-8-14(16)19/h3-6H,1-2,7-9H2. The van der Waals surface area contributed by atoms with Gasteiger partial charge in [0.2, 0.25) is 11.8 Å². The number of hydrogen-bond donors (Lipinski definition) is 0. The second-order valence-electron chi connectivity index (χ2n) is 4.47. The zero-order valence-corrected chi connectivity index (χ0v) is 12.0. The van der Waals surface area contributed by atoms with Crippen LogP contribution in [0.4, 0.5) is 0 Å². The fourth-order valence-electron chi connectivity index (χ4n) is 2.05. The van der Waals surface area contributed by atoms with Crippen molar-refractivity contribution < 1.29 is 14.4 Å². The summed E-state index contributed by atoms with van der Waals surface area (Å²) in [5.74, 6) is -0.214. The Hall–Kier alpha value is -1.49. The van der Waals surface area contributed by atoms with Crippen molar-refractivity contribution in [2.75, 3.05) is 6.54 Å². The molecule has 2 amide bonds. The molecule has 5 heteroatoms. The van der Waals surface area contributed by atoms with E-state index in [1.165, 1.54) is 4.90 Å². The molecule has 0 N–H and O–H groups in total. The van der Waals surface area contributed by atoms with Gasteiger partial charge >= 0.3 is 0 Å². The van der Waals surface area contributed by atoms with Crippen LogP contribution in [0.3, 0.4) is 0 Å². The van der Waals surface area contributed by atoms with Crippen LogP contribution in [-0.4, -0.2) is 29.0 Å². The Morgan fingerprint density at radius 3 is 2.26 bits per heavy atom. The highest BCUT2D eigenvalue weighted by atomic mass is 79.9. The van der Waals surface area contributed by atoms with Gasteiger partial charge in [0.1, 0.15) is 0 Å². The lowest BCUT2D eigenvalue weighted by Gasteiger charge is -2.12. The highest BCUT2D eigenvalue weighted by Crippen LogP contribution is 2.15. The number of carbonyl (C=O) groups excluding carboxylic acids is 3. The number of carbonyl (C=O) groups is 3. The van der Waals surface area contributed by atoms with Gasteiger partial charge in [-0.15, -0.1) is 0 Å². The Labute approximate surface area is 119 Å². The van der Waals surface area contributed by atoms with Crippen LogP contribution in [0.15, 0.2) is 28.7 Å². The van der Waals surface area contributed by atoms with Gasteiger partial charge in [0, 0.05) is 35.8 Å². The molecule has 0 spiro atoms. The Morgan fingerprint density at radius 1 is 1.11 bits per heavy atom. The quantitative estimate of drug-likeness (QED) is 0.618. The van der Waals surface area contributed by atoms with Crippen LogP contribution in [0.25, 0.3) is 0 Å². The molecule has 1 aliphatic rings. The largest absolute Gasteiger partial charge is 0.294 e. The molecule has 1 aliphatic heterocycles. The van der Waals surface area contributed by atoms with Crippen molar-refractivity contribution in [3.63, 3.8) is 0 Å². The fraction of sp³-hybridized carbons (Fsp3) is 0.357. The molecule has 2 rings (SSSR count). The molecule has 1 saturated heterocycles. The fourth-order valence-corrected chi connectivity index (χ4v) is 2.31. The van der Waals surface area contributed by atoms with Gasteiger partial charge in [0.05, 0.1) is 0 Å². The Bertz CT molecular complexity index is 494. The van der Waals surface area contributed by atoms with Gasteiger partial charge in [-0.1, -0.05) is 28.1 Å². The number of amides is 2. The highest BCUT2D eigenvalue weighted by molar-refractivity contribution is 9.10. The first-order valence-electron chi connectivity index (χ1n) is 6.20. The first-order valence-corrected chi connectivity index (χ1v) is 6.99. The zero-order chi connectivity index (χ0) is 13.8. The van der Waals surface area contributed by atoms with E-state index in [1.54, 1.807) is 12.1 Å². The summed E-state index contributed by atoms with van der Waals surface area (Å²) in [5.41, 5.74) is 0.655. The summed E-state index contributed by atoms with van der Waals surface area (Å²) >= 11 is 3.31. The molecule has 0 saturated carbocycles. The van der Waals surface area contributed by atoms with E-state index in [2.05, 4.69) is 15.9 Å². The average molecular weight is 324 g/mol. The number of imide groups is 1. The number of benzene rings is 1. The number of likely N-dealkylation sites (tertiary alicyclic amines) is 1. The topological polar surface area (TPSA) is 54.5 Å². The highest BCUT2D eigenvalue weighted by Gasteiger charge is 2.28. The summed E-state index contributed by atoms with van der Waals surface area (Å²) in [6, 6.07) is 7.17. The minimum atomic E-state index is -0.124. The number of nitrogens with zero attached hydrogens (tertiary/aromatic N) is 1. The predicted octanol–water partition coefficient (Wildman–Crippen LogP) is 2.56. The second-order valence-corrected chi connectivity index (χ2v) is 5.39. The summed E-state index contributed by atoms with van der Waals surface area (Å²) in [7, 11) is 0. The molecule has 1 heterocycles. The first kappa shape index (κ1) is 13.9. The molecule has 100 valence electrons. The third-order valence-corrected chi connectivity index (χ3v) is 3.64. The molecule has 0 aliphatic carbocycles. The van der Waals surface area contributed by atoms with Gasteiger partial charge in [-0.05, 0) is 18.6 Å². The van der Waals surface area contributed by atoms with E-state index in [-0.39, 0.29) is 17.6 Å². The third kappa shape index (κ3) is 3.50. The normalized spacial score (nSPS) is 15.1. The molecule has 19 heavy (non-hydrogen) atoms. The maximum atomic E-state index is 11.9. The Morgan fingerprint density at radius 2 is 1.68 bits per heavy atom. The minimum Gasteiger partial charge on any atom is -0.294 e. The Kier molecular flexibility index (Phi) is 4.47. The maximum Gasteiger partial charge on any atom is 0.229 e. The van der Waals surface area contributed by atoms with E-state index in [9.17, 15) is 14.4 Å². The lowest BCUT2D eigenvalue weighted by Crippen LogP contribution is -2.30. The monoisotopic (exact) mass is 323 g/mol. The zero-order valence-electron chi connectivity index (χ0n) is 10.4. The molecule has 4 nitrogen and oxygen atoms in total. The van der Waals surface area contributed by atoms with E-state index < -0.39 is 0 Å². The van der Waals surface area contributed by atoms with Crippen molar-refractivity contribution in [1.82, 2.24) is 4.90 Å². The minimum absolute atomic E-state index is 0.0339. The summed E-state index contributed by atoms with van der Waals surface area (Å²) in [6.07, 6.45) is 1.48. The van der Waals surface area contributed by atoms with Crippen molar-refractivity contribution in [2.24, 2.45) is 0 Å². The summed E-state index contributed by atoms with van der Waals surface area (Å²) in [5, 5.41) is 0. The van der Waals surface area contributed by atoms with Gasteiger partial charge in [-0.25, -0.2) is 0 Å². The smallest absolute Gasteiger partial charge is 0.229 e. The van der Waals surface area contributed by atoms with Gasteiger partial charge < -0.3 is 0 Å². The summed E-state index contributed by atoms with van der Waals surface area (Å²) < 4.78 is 0.928. The van der Waals surface area contributed by atoms with Crippen molar-refractivity contribution >= 4 is 33.5 Å². The number of ketones is 1. The SMILES string of the molecule is O=C(CCCN1C(=O)CCC1=O)c1ccc(Br)cc1. The summed E-state index contributed by atoms with van der Waals surface area (Å²) in [4.78, 5) is 35.9. The average Bonchev–Trinajstić information content (AvgIpc) is 2.71. The van der Waals surface area contributed by atoms with Crippen LogP contribution in [0, 0.1) is 0 Å². The maximum absolute atomic E-state index is 11.9. The molecule has 0 radical (unpaired) electrons. The van der Waals surface area contributed by atoms with Crippen LogP contribution in [0.1, 0.15) is 36.0 Å². The van der Waals surface area contributed by atoms with Crippen LogP contribution in [0.2, 0.25) is 0 Å². The molecule has 0 atom stereocenters. The van der Waals surface area contributed by atoms with Crippen LogP contribution in [0.5, 0.6) is 0 Å². The molecule has 0 unspecified atom stereocenters. The number of Topliss-reactive ketones (excluding diaryl/α,β-unsaturated/α-hetero) is 1. The second kappa shape index (κ2) is 6.10. The van der Waals surface area contributed by atoms with E-state index in [1.807, 2.05) is 12.1 Å². The summed E-state index contributed by atoms with van der Waals surface area (Å²) in [6.45, 7) is 0.347. The van der Waals surface area contributed by atoms with Crippen molar-refractivity contribution in [3.8, 4) is 0 Å². The lowest BCUT2D eigenvalue weighted by molar-refractivity contribution is -0.138. The van der Waals surface area contributed by atoms with E-state index in [4.69, 9.17) is 0 Å². The van der Waals surface area contributed by atoms with Crippen LogP contribution in [-0.2, 0) is 9.59 Å². The number of halogens is 1. The first-order chi connectivity index (χ1) is 9.08. The van der Waals surface area contributed by atoms with Gasteiger partial charge in [-0.2, -0.15) is 0 Å². The molecule has 1 fully saturated rings. The van der Waals surface area contributed by atoms with Gasteiger partial charge in [-0.3, -0.25) is 19.3 Å². The van der Waals surface area contributed by atoms with Crippen molar-refractivity contribution in [2.45, 2.75) is 25.7 Å². The van der Waals surface area contributed by atoms with Gasteiger partial charge in [0.25, 0.3) is 0 Å². The molecule has 0 aromatic heterocycles. The van der Waals surface area contributed by atoms with Crippen LogP contribution >= 0.6 is 15.9 Å².